The van der Waals surface area contributed by atoms with E-state index in [-0.39, 0.29) is 18.5 Å². The summed E-state index contributed by atoms with van der Waals surface area (Å²) in [6.45, 7) is 9.13. The van der Waals surface area contributed by atoms with Gasteiger partial charge in [-0.1, -0.05) is 13.8 Å². The molecule has 0 radical (unpaired) electrons. The Morgan fingerprint density at radius 1 is 1.43 bits per heavy atom. The molecule has 2 rings (SSSR count). The highest BCUT2D eigenvalue weighted by atomic mass is 16.2. The maximum atomic E-state index is 11.6. The molecule has 0 atom stereocenters. The van der Waals surface area contributed by atoms with E-state index < -0.39 is 0 Å². The first-order chi connectivity index (χ1) is 10.0. The van der Waals surface area contributed by atoms with Crippen molar-refractivity contribution in [2.24, 2.45) is 5.92 Å². The van der Waals surface area contributed by atoms with Crippen LogP contribution in [0, 0.1) is 5.92 Å². The van der Waals surface area contributed by atoms with Crippen molar-refractivity contribution in [2.45, 2.75) is 27.3 Å². The van der Waals surface area contributed by atoms with E-state index in [1.165, 1.54) is 4.90 Å². The lowest BCUT2D eigenvalue weighted by atomic mass is 10.2. The highest BCUT2D eigenvalue weighted by Crippen LogP contribution is 2.15. The van der Waals surface area contributed by atoms with Crippen LogP contribution in [0.5, 0.6) is 0 Å². The summed E-state index contributed by atoms with van der Waals surface area (Å²) in [5.74, 6) is 0.326. The Kier molecular flexibility index (Phi) is 4.82. The van der Waals surface area contributed by atoms with Crippen LogP contribution in [-0.4, -0.2) is 52.8 Å². The maximum Gasteiger partial charge on any atom is 0.324 e. The minimum Gasteiger partial charge on any atom is -0.367 e. The zero-order chi connectivity index (χ0) is 15.4. The number of hydrogen-bond acceptors (Lipinski definition) is 4. The van der Waals surface area contributed by atoms with Gasteiger partial charge in [0, 0.05) is 32.4 Å². The SMILES string of the molecule is CCn1cc(N(CCN2C(=O)CNC2=O)CC(C)C)cn1. The Labute approximate surface area is 124 Å². The number of hydrogen-bond donors (Lipinski definition) is 1. The summed E-state index contributed by atoms with van der Waals surface area (Å²) >= 11 is 0. The van der Waals surface area contributed by atoms with Gasteiger partial charge in [-0.25, -0.2) is 4.79 Å². The van der Waals surface area contributed by atoms with Crippen molar-refractivity contribution >= 4 is 17.6 Å². The average Bonchev–Trinajstić information content (AvgIpc) is 3.03. The smallest absolute Gasteiger partial charge is 0.324 e. The first kappa shape index (κ1) is 15.3. The Balaban J connectivity index is 2.02. The van der Waals surface area contributed by atoms with Crippen molar-refractivity contribution in [3.8, 4) is 0 Å². The third kappa shape index (κ3) is 3.74. The van der Waals surface area contributed by atoms with E-state index >= 15 is 0 Å². The van der Waals surface area contributed by atoms with Crippen molar-refractivity contribution < 1.29 is 9.59 Å². The number of carbonyl (C=O) groups excluding carboxylic acids is 2. The summed E-state index contributed by atoms with van der Waals surface area (Å²) in [4.78, 5) is 26.6. The highest BCUT2D eigenvalue weighted by Gasteiger charge is 2.28. The Bertz CT molecular complexity index is 495. The molecule has 1 saturated heterocycles. The average molecular weight is 293 g/mol. The second-order valence-electron chi connectivity index (χ2n) is 5.60. The molecule has 1 aliphatic rings. The number of carbonyl (C=O) groups is 2. The summed E-state index contributed by atoms with van der Waals surface area (Å²) in [6.07, 6.45) is 3.83. The molecular formula is C14H23N5O2. The van der Waals surface area contributed by atoms with Gasteiger partial charge in [0.2, 0.25) is 5.91 Å². The fourth-order valence-electron chi connectivity index (χ4n) is 2.36. The number of rotatable bonds is 7. The van der Waals surface area contributed by atoms with E-state index in [2.05, 4.69) is 29.2 Å². The molecule has 1 aromatic rings. The van der Waals surface area contributed by atoms with Gasteiger partial charge < -0.3 is 10.2 Å². The van der Waals surface area contributed by atoms with Crippen molar-refractivity contribution in [1.29, 1.82) is 0 Å². The van der Waals surface area contributed by atoms with E-state index in [9.17, 15) is 9.59 Å². The molecule has 21 heavy (non-hydrogen) atoms. The number of nitrogens with zero attached hydrogens (tertiary/aromatic N) is 4. The van der Waals surface area contributed by atoms with Gasteiger partial charge in [-0.15, -0.1) is 0 Å². The topological polar surface area (TPSA) is 70.5 Å². The number of nitrogens with one attached hydrogen (secondary N) is 1. The molecule has 0 spiro atoms. The summed E-state index contributed by atoms with van der Waals surface area (Å²) in [6, 6.07) is -0.297. The van der Waals surface area contributed by atoms with Crippen molar-refractivity contribution in [1.82, 2.24) is 20.0 Å². The van der Waals surface area contributed by atoms with Gasteiger partial charge in [-0.2, -0.15) is 5.10 Å². The number of aromatic nitrogens is 2. The molecule has 1 aromatic heterocycles. The molecule has 1 aliphatic heterocycles. The van der Waals surface area contributed by atoms with E-state index in [1.54, 1.807) is 0 Å². The van der Waals surface area contributed by atoms with Gasteiger partial charge in [0.15, 0.2) is 0 Å². The van der Waals surface area contributed by atoms with Crippen LogP contribution < -0.4 is 10.2 Å². The zero-order valence-corrected chi connectivity index (χ0v) is 12.9. The first-order valence-electron chi connectivity index (χ1n) is 7.36. The molecule has 3 amide bonds. The van der Waals surface area contributed by atoms with Crippen LogP contribution in [0.15, 0.2) is 12.4 Å². The lowest BCUT2D eigenvalue weighted by molar-refractivity contribution is -0.124. The van der Waals surface area contributed by atoms with E-state index in [4.69, 9.17) is 0 Å². The van der Waals surface area contributed by atoms with Crippen molar-refractivity contribution in [3.05, 3.63) is 12.4 Å². The zero-order valence-electron chi connectivity index (χ0n) is 12.9. The predicted octanol–water partition coefficient (Wildman–Crippen LogP) is 0.917. The van der Waals surface area contributed by atoms with Gasteiger partial charge in [0.1, 0.15) is 0 Å². The van der Waals surface area contributed by atoms with Gasteiger partial charge in [-0.05, 0) is 12.8 Å². The second kappa shape index (κ2) is 6.60. The Morgan fingerprint density at radius 3 is 2.71 bits per heavy atom. The summed E-state index contributed by atoms with van der Waals surface area (Å²) in [7, 11) is 0. The van der Waals surface area contributed by atoms with Crippen LogP contribution in [0.4, 0.5) is 10.5 Å². The monoisotopic (exact) mass is 293 g/mol. The second-order valence-corrected chi connectivity index (χ2v) is 5.60. The molecular weight excluding hydrogens is 270 g/mol. The van der Waals surface area contributed by atoms with E-state index in [0.29, 0.717) is 19.0 Å². The van der Waals surface area contributed by atoms with Crippen LogP contribution in [0.3, 0.4) is 0 Å². The number of anilines is 1. The third-order valence-corrected chi connectivity index (χ3v) is 3.42. The van der Waals surface area contributed by atoms with Gasteiger partial charge >= 0.3 is 6.03 Å². The fourth-order valence-corrected chi connectivity index (χ4v) is 2.36. The third-order valence-electron chi connectivity index (χ3n) is 3.42. The molecule has 0 aliphatic carbocycles. The lowest BCUT2D eigenvalue weighted by Crippen LogP contribution is -2.40. The standard InChI is InChI=1S/C14H23N5O2/c1-4-18-10-12(7-16-18)17(9-11(2)3)5-6-19-13(20)8-15-14(19)21/h7,10-11H,4-6,8-9H2,1-3H3,(H,15,21). The molecule has 2 heterocycles. The first-order valence-corrected chi connectivity index (χ1v) is 7.36. The van der Waals surface area contributed by atoms with Crippen LogP contribution in [0.1, 0.15) is 20.8 Å². The van der Waals surface area contributed by atoms with Gasteiger partial charge in [0.05, 0.1) is 18.4 Å². The van der Waals surface area contributed by atoms with Crippen LogP contribution >= 0.6 is 0 Å². The van der Waals surface area contributed by atoms with Crippen molar-refractivity contribution in [3.63, 3.8) is 0 Å². The van der Waals surface area contributed by atoms with Gasteiger partial charge in [0.25, 0.3) is 0 Å². The number of urea groups is 1. The molecule has 7 heteroatoms. The molecule has 1 N–H and O–H groups in total. The minimum atomic E-state index is -0.297. The summed E-state index contributed by atoms with van der Waals surface area (Å²) in [5.41, 5.74) is 1.03. The molecule has 0 unspecified atom stereocenters. The Hall–Kier alpha value is -2.05. The highest BCUT2D eigenvalue weighted by molar-refractivity contribution is 6.01. The summed E-state index contributed by atoms with van der Waals surface area (Å²) in [5, 5.41) is 6.83. The molecule has 0 aromatic carbocycles. The summed E-state index contributed by atoms with van der Waals surface area (Å²) < 4.78 is 1.87. The van der Waals surface area contributed by atoms with Crippen LogP contribution in [0.2, 0.25) is 0 Å². The van der Waals surface area contributed by atoms with Crippen LogP contribution in [-0.2, 0) is 11.3 Å². The Morgan fingerprint density at radius 2 is 2.19 bits per heavy atom. The predicted molar refractivity (Wildman–Crippen MR) is 80.1 cm³/mol. The number of imide groups is 1. The molecule has 116 valence electrons. The van der Waals surface area contributed by atoms with Crippen molar-refractivity contribution in [2.75, 3.05) is 31.1 Å². The number of amides is 3. The van der Waals surface area contributed by atoms with E-state index in [0.717, 1.165) is 18.8 Å². The van der Waals surface area contributed by atoms with Gasteiger partial charge in [-0.3, -0.25) is 14.4 Å². The fraction of sp³-hybridized carbons (Fsp3) is 0.643. The quantitative estimate of drug-likeness (QED) is 0.759. The van der Waals surface area contributed by atoms with E-state index in [1.807, 2.05) is 24.0 Å². The largest absolute Gasteiger partial charge is 0.367 e. The molecule has 0 saturated carbocycles. The normalized spacial score (nSPS) is 15.0. The molecule has 1 fully saturated rings. The lowest BCUT2D eigenvalue weighted by Gasteiger charge is -2.26. The molecule has 7 nitrogen and oxygen atoms in total. The number of aryl methyl sites for hydroxylation is 1. The van der Waals surface area contributed by atoms with Crippen LogP contribution in [0.25, 0.3) is 0 Å². The minimum absolute atomic E-state index is 0.108. The maximum absolute atomic E-state index is 11.6. The molecule has 0 bridgehead atoms.